The van der Waals surface area contributed by atoms with Crippen molar-refractivity contribution in [1.82, 2.24) is 0 Å². The molecule has 0 amide bonds. The summed E-state index contributed by atoms with van der Waals surface area (Å²) in [5, 5.41) is 0. The molecule has 0 heterocycles. The second kappa shape index (κ2) is 64.1. The van der Waals surface area contributed by atoms with Crippen LogP contribution in [0, 0.1) is 0 Å². The van der Waals surface area contributed by atoms with Gasteiger partial charge in [-0.05, 0) is 77.0 Å². The zero-order valence-corrected chi connectivity index (χ0v) is 50.3. The van der Waals surface area contributed by atoms with E-state index in [0.29, 0.717) is 19.3 Å². The molecule has 0 aliphatic carbocycles. The van der Waals surface area contributed by atoms with Gasteiger partial charge in [0, 0.05) is 19.3 Å². The number of allylic oxidation sites excluding steroid dienone is 14. The second-order valence-electron chi connectivity index (χ2n) is 21.7. The summed E-state index contributed by atoms with van der Waals surface area (Å²) in [5.41, 5.74) is 0. The molecule has 0 aliphatic heterocycles. The summed E-state index contributed by atoms with van der Waals surface area (Å²) < 4.78 is 16.9. The van der Waals surface area contributed by atoms with Gasteiger partial charge in [0.25, 0.3) is 0 Å². The van der Waals surface area contributed by atoms with Crippen LogP contribution >= 0.6 is 0 Å². The highest BCUT2D eigenvalue weighted by Crippen LogP contribution is 2.17. The van der Waals surface area contributed by atoms with Crippen molar-refractivity contribution in [3.05, 3.63) is 85.1 Å². The molecular formula is C70H122O6. The van der Waals surface area contributed by atoms with Gasteiger partial charge in [0.1, 0.15) is 13.2 Å². The molecule has 438 valence electrons. The number of hydrogen-bond acceptors (Lipinski definition) is 6. The summed E-state index contributed by atoms with van der Waals surface area (Å²) >= 11 is 0. The minimum Gasteiger partial charge on any atom is -0.462 e. The largest absolute Gasteiger partial charge is 0.462 e. The third-order valence-corrected chi connectivity index (χ3v) is 14.2. The predicted molar refractivity (Wildman–Crippen MR) is 330 cm³/mol. The Balaban J connectivity index is 4.40. The highest BCUT2D eigenvalue weighted by molar-refractivity contribution is 5.71. The van der Waals surface area contributed by atoms with Crippen molar-refractivity contribution in [3.63, 3.8) is 0 Å². The lowest BCUT2D eigenvalue weighted by atomic mass is 10.0. The molecule has 6 nitrogen and oxygen atoms in total. The van der Waals surface area contributed by atoms with Crippen LogP contribution in [0.1, 0.15) is 323 Å². The minimum absolute atomic E-state index is 0.0827. The fourth-order valence-corrected chi connectivity index (χ4v) is 9.31. The quantitative estimate of drug-likeness (QED) is 0.0261. The van der Waals surface area contributed by atoms with E-state index in [1.807, 2.05) is 0 Å². The van der Waals surface area contributed by atoms with Crippen LogP contribution in [-0.2, 0) is 28.6 Å². The number of hydrogen-bond donors (Lipinski definition) is 0. The molecule has 76 heavy (non-hydrogen) atoms. The lowest BCUT2D eigenvalue weighted by Crippen LogP contribution is -2.30. The van der Waals surface area contributed by atoms with Crippen LogP contribution in [0.4, 0.5) is 0 Å². The molecule has 0 bridgehead atoms. The number of esters is 3. The molecular weight excluding hydrogens is 937 g/mol. The Hall–Kier alpha value is -3.41. The van der Waals surface area contributed by atoms with E-state index in [1.54, 1.807) is 0 Å². The van der Waals surface area contributed by atoms with Gasteiger partial charge >= 0.3 is 17.9 Å². The first-order valence-corrected chi connectivity index (χ1v) is 32.6. The van der Waals surface area contributed by atoms with Crippen LogP contribution in [-0.4, -0.2) is 37.2 Å². The van der Waals surface area contributed by atoms with Crippen molar-refractivity contribution in [3.8, 4) is 0 Å². The van der Waals surface area contributed by atoms with Crippen LogP contribution in [0.15, 0.2) is 85.1 Å². The molecule has 0 rings (SSSR count). The monoisotopic (exact) mass is 1060 g/mol. The van der Waals surface area contributed by atoms with E-state index in [1.165, 1.54) is 173 Å². The Bertz CT molecular complexity index is 1450. The number of ether oxygens (including phenoxy) is 3. The molecule has 1 atom stereocenters. The highest BCUT2D eigenvalue weighted by atomic mass is 16.6. The molecule has 0 radical (unpaired) electrons. The maximum Gasteiger partial charge on any atom is 0.306 e. The van der Waals surface area contributed by atoms with Gasteiger partial charge in [-0.1, -0.05) is 311 Å². The number of carbonyl (C=O) groups excluding carboxylic acids is 3. The van der Waals surface area contributed by atoms with Gasteiger partial charge in [-0.2, -0.15) is 0 Å². The van der Waals surface area contributed by atoms with Crippen molar-refractivity contribution in [2.75, 3.05) is 13.2 Å². The summed E-state index contributed by atoms with van der Waals surface area (Å²) in [6, 6.07) is 0. The van der Waals surface area contributed by atoms with Crippen LogP contribution < -0.4 is 0 Å². The lowest BCUT2D eigenvalue weighted by Gasteiger charge is -2.18. The normalized spacial score (nSPS) is 12.6. The fraction of sp³-hybridized carbons (Fsp3) is 0.757. The van der Waals surface area contributed by atoms with Gasteiger partial charge in [-0.3, -0.25) is 14.4 Å². The van der Waals surface area contributed by atoms with Crippen molar-refractivity contribution < 1.29 is 28.6 Å². The molecule has 0 aliphatic rings. The van der Waals surface area contributed by atoms with E-state index in [0.717, 1.165) is 109 Å². The van der Waals surface area contributed by atoms with Crippen LogP contribution in [0.25, 0.3) is 0 Å². The predicted octanol–water partition coefficient (Wildman–Crippen LogP) is 22.3. The Labute approximate surface area is 471 Å². The lowest BCUT2D eigenvalue weighted by molar-refractivity contribution is -0.167. The highest BCUT2D eigenvalue weighted by Gasteiger charge is 2.19. The van der Waals surface area contributed by atoms with Crippen LogP contribution in [0.3, 0.4) is 0 Å². The van der Waals surface area contributed by atoms with E-state index in [9.17, 15) is 14.4 Å². The van der Waals surface area contributed by atoms with Gasteiger partial charge in [0.15, 0.2) is 6.10 Å². The fourth-order valence-electron chi connectivity index (χ4n) is 9.31. The standard InChI is InChI=1S/C70H122O6/c1-4-7-10-13-16-19-22-25-28-30-32-33-34-35-36-37-38-40-42-45-48-51-54-57-60-63-69(72)75-66-67(65-74-68(71)62-59-56-53-50-47-44-41-27-24-21-18-15-12-9-6-3)76-70(73)64-61-58-55-52-49-46-43-39-31-29-26-23-20-17-14-11-8-5-2/h7,10,16,19,25,28,32-33,35-36,38,40,45,48,67H,4-6,8-9,11-15,17-18,20-24,26-27,29-31,34,37,39,41-44,46-47,49-66H2,1-3H3/b10-7-,19-16-,28-25-,33-32-,36-35-,40-38-,48-45-. The summed E-state index contributed by atoms with van der Waals surface area (Å²) in [4.78, 5) is 38.3. The Morgan fingerprint density at radius 1 is 0.276 bits per heavy atom. The van der Waals surface area contributed by atoms with Crippen molar-refractivity contribution in [2.24, 2.45) is 0 Å². The summed E-state index contributed by atoms with van der Waals surface area (Å²) in [7, 11) is 0. The number of carbonyl (C=O) groups is 3. The van der Waals surface area contributed by atoms with E-state index in [4.69, 9.17) is 14.2 Å². The first kappa shape index (κ1) is 72.6. The zero-order chi connectivity index (χ0) is 55.0. The molecule has 0 spiro atoms. The van der Waals surface area contributed by atoms with E-state index in [-0.39, 0.29) is 31.1 Å². The van der Waals surface area contributed by atoms with E-state index in [2.05, 4.69) is 106 Å². The third kappa shape index (κ3) is 61.4. The molecule has 6 heteroatoms. The van der Waals surface area contributed by atoms with E-state index < -0.39 is 6.10 Å². The zero-order valence-electron chi connectivity index (χ0n) is 50.3. The van der Waals surface area contributed by atoms with Crippen molar-refractivity contribution in [1.29, 1.82) is 0 Å². The van der Waals surface area contributed by atoms with Crippen LogP contribution in [0.2, 0.25) is 0 Å². The van der Waals surface area contributed by atoms with Crippen molar-refractivity contribution >= 4 is 17.9 Å². The Morgan fingerprint density at radius 3 is 0.803 bits per heavy atom. The molecule has 0 aromatic carbocycles. The first-order valence-electron chi connectivity index (χ1n) is 32.6. The van der Waals surface area contributed by atoms with Gasteiger partial charge in [-0.25, -0.2) is 0 Å². The maximum atomic E-state index is 12.9. The molecule has 0 aromatic heterocycles. The molecule has 1 unspecified atom stereocenters. The Morgan fingerprint density at radius 2 is 0.513 bits per heavy atom. The average Bonchev–Trinajstić information content (AvgIpc) is 3.42. The van der Waals surface area contributed by atoms with Crippen LogP contribution in [0.5, 0.6) is 0 Å². The van der Waals surface area contributed by atoms with E-state index >= 15 is 0 Å². The molecule has 0 saturated carbocycles. The molecule has 0 saturated heterocycles. The van der Waals surface area contributed by atoms with Gasteiger partial charge in [0.2, 0.25) is 0 Å². The first-order chi connectivity index (χ1) is 37.5. The molecule has 0 aromatic rings. The average molecular weight is 1060 g/mol. The van der Waals surface area contributed by atoms with Crippen molar-refractivity contribution in [2.45, 2.75) is 329 Å². The smallest absolute Gasteiger partial charge is 0.306 e. The molecule has 0 fully saturated rings. The van der Waals surface area contributed by atoms with Gasteiger partial charge < -0.3 is 14.2 Å². The minimum atomic E-state index is -0.789. The number of rotatable bonds is 59. The summed E-state index contributed by atoms with van der Waals surface area (Å²) in [6.07, 6.45) is 84.4. The summed E-state index contributed by atoms with van der Waals surface area (Å²) in [5.74, 6) is -0.899. The second-order valence-corrected chi connectivity index (χ2v) is 21.7. The topological polar surface area (TPSA) is 78.9 Å². The third-order valence-electron chi connectivity index (χ3n) is 14.2. The molecule has 0 N–H and O–H groups in total. The summed E-state index contributed by atoms with van der Waals surface area (Å²) in [6.45, 7) is 6.55. The Kier molecular flexibility index (Phi) is 61.2. The SMILES string of the molecule is CC/C=C\C/C=C\C/C=C\C/C=C\C/C=C\C/C=C\C/C=C\CCCCCC(=O)OCC(COC(=O)CCCCCCCCCCCCCCCCC)OC(=O)CCCCCCCCCCCCCCCCCCCC. The van der Waals surface area contributed by atoms with Gasteiger partial charge in [0.05, 0.1) is 0 Å². The van der Waals surface area contributed by atoms with Gasteiger partial charge in [-0.15, -0.1) is 0 Å². The number of unbranched alkanes of at least 4 members (excludes halogenated alkanes) is 34. The maximum absolute atomic E-state index is 12.9.